The normalized spacial score (nSPS) is 10.1. The highest BCUT2D eigenvalue weighted by Gasteiger charge is 2.19. The van der Waals surface area contributed by atoms with Gasteiger partial charge in [-0.1, -0.05) is 61.2 Å². The van der Waals surface area contributed by atoms with Crippen molar-refractivity contribution < 1.29 is 14.0 Å². The van der Waals surface area contributed by atoms with Crippen LogP contribution in [0.3, 0.4) is 0 Å². The van der Waals surface area contributed by atoms with Crippen LogP contribution in [-0.4, -0.2) is 23.3 Å². The van der Waals surface area contributed by atoms with Gasteiger partial charge in [-0.25, -0.2) is 4.39 Å². The van der Waals surface area contributed by atoms with E-state index in [4.69, 9.17) is 5.73 Å². The standard InChI is InChI=1S/C18H17FN2O2/c1-13(19)18(23)21(12-17(20)22)11-14-7-9-16(10-8-14)15-5-3-2-4-6-15/h2-10H,1,11-12H2,(H2,20,22). The molecule has 118 valence electrons. The van der Waals surface area contributed by atoms with Crippen LogP contribution >= 0.6 is 0 Å². The van der Waals surface area contributed by atoms with Crippen LogP contribution in [0.25, 0.3) is 11.1 Å². The number of rotatable bonds is 6. The lowest BCUT2D eigenvalue weighted by atomic mass is 10.0. The molecule has 0 unspecified atom stereocenters. The number of hydrogen-bond acceptors (Lipinski definition) is 2. The Kier molecular flexibility index (Phi) is 5.25. The molecule has 2 N–H and O–H groups in total. The van der Waals surface area contributed by atoms with Crippen LogP contribution in [0.2, 0.25) is 0 Å². The zero-order valence-corrected chi connectivity index (χ0v) is 12.5. The van der Waals surface area contributed by atoms with Gasteiger partial charge in [-0.15, -0.1) is 0 Å². The Hall–Kier alpha value is -2.95. The summed E-state index contributed by atoms with van der Waals surface area (Å²) in [5.74, 6) is -2.76. The number of carbonyl (C=O) groups is 2. The van der Waals surface area contributed by atoms with E-state index in [-0.39, 0.29) is 13.1 Å². The molecule has 0 bridgehead atoms. The molecule has 0 fully saturated rings. The second-order valence-corrected chi connectivity index (χ2v) is 5.10. The average molecular weight is 312 g/mol. The number of amides is 2. The van der Waals surface area contributed by atoms with Gasteiger partial charge in [-0.3, -0.25) is 9.59 Å². The first-order valence-corrected chi connectivity index (χ1v) is 7.03. The minimum Gasteiger partial charge on any atom is -0.368 e. The molecule has 0 saturated heterocycles. The van der Waals surface area contributed by atoms with Crippen LogP contribution < -0.4 is 5.73 Å². The number of nitrogens with two attached hydrogens (primary N) is 1. The van der Waals surface area contributed by atoms with Gasteiger partial charge in [-0.2, -0.15) is 0 Å². The highest BCUT2D eigenvalue weighted by Crippen LogP contribution is 2.20. The van der Waals surface area contributed by atoms with Crippen molar-refractivity contribution in [2.75, 3.05) is 6.54 Å². The van der Waals surface area contributed by atoms with Crippen LogP contribution in [0, 0.1) is 0 Å². The van der Waals surface area contributed by atoms with Gasteiger partial charge in [0, 0.05) is 6.54 Å². The average Bonchev–Trinajstić information content (AvgIpc) is 2.54. The summed E-state index contributed by atoms with van der Waals surface area (Å²) in [7, 11) is 0. The van der Waals surface area contributed by atoms with E-state index < -0.39 is 17.6 Å². The third kappa shape index (κ3) is 4.51. The summed E-state index contributed by atoms with van der Waals surface area (Å²) in [5, 5.41) is 0. The van der Waals surface area contributed by atoms with Crippen molar-refractivity contribution in [1.82, 2.24) is 4.90 Å². The van der Waals surface area contributed by atoms with E-state index in [1.165, 1.54) is 0 Å². The molecule has 2 aromatic rings. The zero-order chi connectivity index (χ0) is 16.8. The van der Waals surface area contributed by atoms with Gasteiger partial charge in [0.2, 0.25) is 5.91 Å². The lowest BCUT2D eigenvalue weighted by Crippen LogP contribution is -2.38. The third-order valence-corrected chi connectivity index (χ3v) is 3.30. The summed E-state index contributed by atoms with van der Waals surface area (Å²) >= 11 is 0. The molecule has 0 aliphatic carbocycles. The number of halogens is 1. The first kappa shape index (κ1) is 16.4. The van der Waals surface area contributed by atoms with Gasteiger partial charge in [-0.05, 0) is 16.7 Å². The van der Waals surface area contributed by atoms with E-state index in [0.29, 0.717) is 0 Å². The molecule has 5 heteroatoms. The van der Waals surface area contributed by atoms with Gasteiger partial charge in [0.05, 0.1) is 0 Å². The fourth-order valence-corrected chi connectivity index (χ4v) is 2.21. The Morgan fingerprint density at radius 3 is 2.09 bits per heavy atom. The van der Waals surface area contributed by atoms with Crippen molar-refractivity contribution in [1.29, 1.82) is 0 Å². The maximum absolute atomic E-state index is 13.0. The predicted molar refractivity (Wildman–Crippen MR) is 86.7 cm³/mol. The summed E-state index contributed by atoms with van der Waals surface area (Å²) in [5.41, 5.74) is 7.96. The number of primary amides is 1. The topological polar surface area (TPSA) is 63.4 Å². The van der Waals surface area contributed by atoms with Crippen molar-refractivity contribution in [3.8, 4) is 11.1 Å². The van der Waals surface area contributed by atoms with Gasteiger partial charge < -0.3 is 10.6 Å². The van der Waals surface area contributed by atoms with E-state index in [2.05, 4.69) is 6.58 Å². The van der Waals surface area contributed by atoms with Gasteiger partial charge in [0.15, 0.2) is 5.83 Å². The molecule has 23 heavy (non-hydrogen) atoms. The highest BCUT2D eigenvalue weighted by atomic mass is 19.1. The van der Waals surface area contributed by atoms with Crippen LogP contribution in [0.15, 0.2) is 67.0 Å². The minimum absolute atomic E-state index is 0.0831. The molecule has 0 saturated carbocycles. The van der Waals surface area contributed by atoms with Crippen molar-refractivity contribution in [2.45, 2.75) is 6.54 Å². The van der Waals surface area contributed by atoms with Crippen molar-refractivity contribution >= 4 is 11.8 Å². The van der Waals surface area contributed by atoms with Crippen LogP contribution in [0.1, 0.15) is 5.56 Å². The Balaban J connectivity index is 2.16. The molecule has 0 atom stereocenters. The van der Waals surface area contributed by atoms with Gasteiger partial charge in [0.25, 0.3) is 5.91 Å². The monoisotopic (exact) mass is 312 g/mol. The van der Waals surface area contributed by atoms with E-state index in [9.17, 15) is 14.0 Å². The largest absolute Gasteiger partial charge is 0.368 e. The van der Waals surface area contributed by atoms with Crippen molar-refractivity contribution in [3.05, 3.63) is 72.6 Å². The molecule has 2 amide bonds. The first-order chi connectivity index (χ1) is 11.0. The maximum atomic E-state index is 13.0. The molecule has 4 nitrogen and oxygen atoms in total. The first-order valence-electron chi connectivity index (χ1n) is 7.03. The zero-order valence-electron chi connectivity index (χ0n) is 12.5. The Morgan fingerprint density at radius 1 is 1.00 bits per heavy atom. The fraction of sp³-hybridized carbons (Fsp3) is 0.111. The van der Waals surface area contributed by atoms with Crippen LogP contribution in [0.4, 0.5) is 4.39 Å². The number of benzene rings is 2. The molecule has 0 aliphatic rings. The summed E-state index contributed by atoms with van der Waals surface area (Å²) in [4.78, 5) is 23.8. The van der Waals surface area contributed by atoms with Gasteiger partial charge in [0.1, 0.15) is 6.54 Å². The smallest absolute Gasteiger partial charge is 0.282 e. The third-order valence-electron chi connectivity index (χ3n) is 3.30. The van der Waals surface area contributed by atoms with E-state index in [1.807, 2.05) is 54.6 Å². The second kappa shape index (κ2) is 7.35. The Labute approximate surface area is 134 Å². The summed E-state index contributed by atoms with van der Waals surface area (Å²) in [6.45, 7) is 2.69. The van der Waals surface area contributed by atoms with Crippen molar-refractivity contribution in [3.63, 3.8) is 0 Å². The molecular weight excluding hydrogens is 295 g/mol. The molecule has 2 rings (SSSR count). The van der Waals surface area contributed by atoms with Gasteiger partial charge >= 0.3 is 0 Å². The van der Waals surface area contributed by atoms with Crippen molar-refractivity contribution in [2.24, 2.45) is 5.73 Å². The summed E-state index contributed by atoms with van der Waals surface area (Å²) in [6, 6.07) is 17.3. The summed E-state index contributed by atoms with van der Waals surface area (Å²) in [6.07, 6.45) is 0. The van der Waals surface area contributed by atoms with Crippen LogP contribution in [0.5, 0.6) is 0 Å². The summed E-state index contributed by atoms with van der Waals surface area (Å²) < 4.78 is 13.0. The quantitative estimate of drug-likeness (QED) is 0.834. The van der Waals surface area contributed by atoms with E-state index in [0.717, 1.165) is 21.6 Å². The van der Waals surface area contributed by atoms with E-state index in [1.54, 1.807) is 0 Å². The predicted octanol–water partition coefficient (Wildman–Crippen LogP) is 2.65. The molecule has 0 aromatic heterocycles. The number of nitrogens with zero attached hydrogens (tertiary/aromatic N) is 1. The molecule has 0 radical (unpaired) electrons. The highest BCUT2D eigenvalue weighted by molar-refractivity contribution is 5.93. The maximum Gasteiger partial charge on any atom is 0.282 e. The lowest BCUT2D eigenvalue weighted by molar-refractivity contribution is -0.133. The lowest BCUT2D eigenvalue weighted by Gasteiger charge is -2.20. The number of hydrogen-bond donors (Lipinski definition) is 1. The minimum atomic E-state index is -1.12. The molecular formula is C18H17FN2O2. The number of carbonyl (C=O) groups excluding carboxylic acids is 2. The molecule has 0 aliphatic heterocycles. The van der Waals surface area contributed by atoms with E-state index >= 15 is 0 Å². The molecule has 2 aromatic carbocycles. The SMILES string of the molecule is C=C(F)C(=O)N(CC(N)=O)Cc1ccc(-c2ccccc2)cc1. The Morgan fingerprint density at radius 2 is 1.57 bits per heavy atom. The second-order valence-electron chi connectivity index (χ2n) is 5.10. The molecule has 0 heterocycles. The Bertz CT molecular complexity index is 712. The van der Waals surface area contributed by atoms with Crippen LogP contribution in [-0.2, 0) is 16.1 Å². The molecule has 0 spiro atoms. The fourth-order valence-electron chi connectivity index (χ4n) is 2.21.